The molecule has 0 unspecified atom stereocenters. The Morgan fingerprint density at radius 2 is 1.31 bits per heavy atom. The summed E-state index contributed by atoms with van der Waals surface area (Å²) in [5.41, 5.74) is -1.70. The molecule has 26 heavy (non-hydrogen) atoms. The summed E-state index contributed by atoms with van der Waals surface area (Å²) < 4.78 is 77.1. The van der Waals surface area contributed by atoms with Gasteiger partial charge in [0.25, 0.3) is 0 Å². The lowest BCUT2D eigenvalue weighted by Crippen LogP contribution is -2.05. The number of fused-ring (bicyclic) bond motifs is 1. The minimum atomic E-state index is -4.58. The normalized spacial score (nSPS) is 12.6. The molecule has 3 aromatic rings. The molecule has 0 aliphatic rings. The summed E-state index contributed by atoms with van der Waals surface area (Å²) in [6.07, 6.45) is -9.16. The molecule has 0 bridgehead atoms. The first-order valence-electron chi connectivity index (χ1n) is 7.18. The van der Waals surface area contributed by atoms with Crippen molar-refractivity contribution in [2.75, 3.05) is 0 Å². The summed E-state index contributed by atoms with van der Waals surface area (Å²) >= 11 is 5.97. The quantitative estimate of drug-likeness (QED) is 0.448. The van der Waals surface area contributed by atoms with E-state index in [1.807, 2.05) is 0 Å². The Bertz CT molecular complexity index is 991. The first kappa shape index (κ1) is 18.4. The van der Waals surface area contributed by atoms with Gasteiger partial charge in [-0.25, -0.2) is 0 Å². The summed E-state index contributed by atoms with van der Waals surface area (Å²) in [5, 5.41) is 10.3. The Labute approximate surface area is 148 Å². The number of aromatic hydroxyl groups is 1. The fourth-order valence-electron chi connectivity index (χ4n) is 2.59. The second-order valence-electron chi connectivity index (χ2n) is 5.62. The highest BCUT2D eigenvalue weighted by Crippen LogP contribution is 2.40. The van der Waals surface area contributed by atoms with Crippen molar-refractivity contribution in [1.82, 2.24) is 0 Å². The van der Waals surface area contributed by atoms with E-state index < -0.39 is 29.2 Å². The number of rotatable bonds is 1. The van der Waals surface area contributed by atoms with Crippen molar-refractivity contribution >= 4 is 22.4 Å². The van der Waals surface area contributed by atoms with Gasteiger partial charge >= 0.3 is 12.4 Å². The maximum atomic E-state index is 12.9. The number of hydrogen-bond donors (Lipinski definition) is 1. The number of phenolic OH excluding ortho intramolecular Hbond substituents is 1. The van der Waals surface area contributed by atoms with Crippen molar-refractivity contribution in [1.29, 1.82) is 0 Å². The largest absolute Gasteiger partial charge is 0.507 e. The van der Waals surface area contributed by atoms with E-state index in [9.17, 15) is 31.4 Å². The molecule has 3 rings (SSSR count). The van der Waals surface area contributed by atoms with E-state index in [2.05, 4.69) is 0 Å². The van der Waals surface area contributed by atoms with Crippen molar-refractivity contribution < 1.29 is 31.4 Å². The Kier molecular flexibility index (Phi) is 4.30. The average Bonchev–Trinajstić information content (AvgIpc) is 2.52. The Morgan fingerprint density at radius 3 is 1.92 bits per heavy atom. The van der Waals surface area contributed by atoms with Crippen LogP contribution < -0.4 is 0 Å². The van der Waals surface area contributed by atoms with Crippen molar-refractivity contribution in [3.8, 4) is 16.9 Å². The molecule has 8 heteroatoms. The van der Waals surface area contributed by atoms with Gasteiger partial charge in [0.05, 0.1) is 11.1 Å². The van der Waals surface area contributed by atoms with E-state index in [1.165, 1.54) is 6.07 Å². The van der Waals surface area contributed by atoms with Gasteiger partial charge in [-0.05, 0) is 53.4 Å². The van der Waals surface area contributed by atoms with Crippen LogP contribution in [0.1, 0.15) is 11.1 Å². The Hall–Kier alpha value is -2.41. The molecule has 0 amide bonds. The van der Waals surface area contributed by atoms with Gasteiger partial charge in [0.1, 0.15) is 5.75 Å². The number of phenols is 1. The summed E-state index contributed by atoms with van der Waals surface area (Å²) in [5.74, 6) is -0.489. The smallest absolute Gasteiger partial charge is 0.416 e. The third kappa shape index (κ3) is 3.44. The number of hydrogen-bond acceptors (Lipinski definition) is 1. The molecule has 1 N–H and O–H groups in total. The molecule has 0 heterocycles. The van der Waals surface area contributed by atoms with Gasteiger partial charge in [0, 0.05) is 16.0 Å². The van der Waals surface area contributed by atoms with Gasteiger partial charge in [0.15, 0.2) is 0 Å². The van der Waals surface area contributed by atoms with E-state index in [4.69, 9.17) is 11.6 Å². The molecular formula is C18H9ClF6O. The van der Waals surface area contributed by atoms with Crippen LogP contribution in [0.2, 0.25) is 5.02 Å². The first-order chi connectivity index (χ1) is 12.0. The van der Waals surface area contributed by atoms with Crippen LogP contribution in [0.5, 0.6) is 5.75 Å². The molecule has 3 aromatic carbocycles. The van der Waals surface area contributed by atoms with Crippen LogP contribution >= 0.6 is 11.6 Å². The lowest BCUT2D eigenvalue weighted by atomic mass is 9.97. The van der Waals surface area contributed by atoms with Crippen LogP contribution in [0.15, 0.2) is 48.5 Å². The van der Waals surface area contributed by atoms with Crippen LogP contribution in [0.25, 0.3) is 21.9 Å². The summed E-state index contributed by atoms with van der Waals surface area (Å²) in [6, 6.07) is 7.94. The predicted molar refractivity (Wildman–Crippen MR) is 86.1 cm³/mol. The third-order valence-electron chi connectivity index (χ3n) is 3.86. The monoisotopic (exact) mass is 390 g/mol. The Morgan fingerprint density at radius 1 is 0.731 bits per heavy atom. The molecule has 136 valence electrons. The minimum Gasteiger partial charge on any atom is -0.507 e. The first-order valence-corrected chi connectivity index (χ1v) is 7.56. The van der Waals surface area contributed by atoms with E-state index in [-0.39, 0.29) is 26.9 Å². The van der Waals surface area contributed by atoms with E-state index in [1.54, 1.807) is 0 Å². The highest BCUT2D eigenvalue weighted by molar-refractivity contribution is 6.33. The van der Waals surface area contributed by atoms with E-state index in [0.29, 0.717) is 0 Å². The fourth-order valence-corrected chi connectivity index (χ4v) is 2.82. The molecular weight excluding hydrogens is 382 g/mol. The van der Waals surface area contributed by atoms with Crippen molar-refractivity contribution in [3.63, 3.8) is 0 Å². The van der Waals surface area contributed by atoms with Crippen molar-refractivity contribution in [2.45, 2.75) is 12.4 Å². The lowest BCUT2D eigenvalue weighted by molar-refractivity contribution is -0.138. The third-order valence-corrected chi connectivity index (χ3v) is 4.19. The zero-order valence-electron chi connectivity index (χ0n) is 12.7. The molecule has 0 saturated carbocycles. The lowest BCUT2D eigenvalue weighted by Gasteiger charge is -2.13. The molecule has 0 atom stereocenters. The molecule has 0 aliphatic carbocycles. The molecule has 1 nitrogen and oxygen atoms in total. The van der Waals surface area contributed by atoms with Crippen LogP contribution in [0, 0.1) is 0 Å². The van der Waals surface area contributed by atoms with Gasteiger partial charge in [-0.15, -0.1) is 0 Å². The van der Waals surface area contributed by atoms with Crippen LogP contribution in [-0.4, -0.2) is 5.11 Å². The zero-order valence-corrected chi connectivity index (χ0v) is 13.5. The number of halogens is 7. The molecule has 0 fully saturated rings. The maximum absolute atomic E-state index is 12.9. The second-order valence-corrected chi connectivity index (χ2v) is 6.03. The molecule has 0 aliphatic heterocycles. The minimum absolute atomic E-state index is 0.0126. The average molecular weight is 391 g/mol. The van der Waals surface area contributed by atoms with Gasteiger partial charge in [-0.3, -0.25) is 0 Å². The van der Waals surface area contributed by atoms with Crippen molar-refractivity contribution in [2.24, 2.45) is 0 Å². The standard InChI is InChI=1S/C18H9ClF6O/c19-15-4-3-12(18(23,24)25)7-13(15)10-5-9-1-2-11(17(20,21)22)8-14(9)16(26)6-10/h1-8,26H. The number of alkyl halides is 6. The number of benzene rings is 3. The molecule has 0 saturated heterocycles. The molecule has 0 spiro atoms. The highest BCUT2D eigenvalue weighted by atomic mass is 35.5. The highest BCUT2D eigenvalue weighted by Gasteiger charge is 2.32. The van der Waals surface area contributed by atoms with Gasteiger partial charge < -0.3 is 5.11 Å². The summed E-state index contributed by atoms with van der Waals surface area (Å²) in [6.45, 7) is 0. The van der Waals surface area contributed by atoms with Gasteiger partial charge in [-0.1, -0.05) is 17.7 Å². The summed E-state index contributed by atoms with van der Waals surface area (Å²) in [4.78, 5) is 0. The SMILES string of the molecule is Oc1cc(-c2cc(C(F)(F)F)ccc2Cl)cc2ccc(C(F)(F)F)cc12. The van der Waals surface area contributed by atoms with E-state index >= 15 is 0 Å². The van der Waals surface area contributed by atoms with E-state index in [0.717, 1.165) is 42.5 Å². The topological polar surface area (TPSA) is 20.2 Å². The van der Waals surface area contributed by atoms with Crippen LogP contribution in [-0.2, 0) is 12.4 Å². The zero-order chi connectivity index (χ0) is 19.3. The van der Waals surface area contributed by atoms with Gasteiger partial charge in [-0.2, -0.15) is 26.3 Å². The Balaban J connectivity index is 2.19. The molecule has 0 radical (unpaired) electrons. The van der Waals surface area contributed by atoms with Crippen molar-refractivity contribution in [3.05, 3.63) is 64.7 Å². The van der Waals surface area contributed by atoms with Crippen LogP contribution in [0.4, 0.5) is 26.3 Å². The fraction of sp³-hybridized carbons (Fsp3) is 0.111. The maximum Gasteiger partial charge on any atom is 0.416 e. The van der Waals surface area contributed by atoms with Crippen LogP contribution in [0.3, 0.4) is 0 Å². The predicted octanol–water partition coefficient (Wildman–Crippen LogP) is 6.90. The molecule has 0 aromatic heterocycles. The second kappa shape index (κ2) is 6.09. The summed E-state index contributed by atoms with van der Waals surface area (Å²) in [7, 11) is 0. The van der Waals surface area contributed by atoms with Gasteiger partial charge in [0.2, 0.25) is 0 Å².